The highest BCUT2D eigenvalue weighted by Crippen LogP contribution is 2.33. The summed E-state index contributed by atoms with van der Waals surface area (Å²) in [5.74, 6) is -0.327. The van der Waals surface area contributed by atoms with Gasteiger partial charge in [0.25, 0.3) is 0 Å². The number of hydrogen-bond acceptors (Lipinski definition) is 6. The number of nitrogens with zero attached hydrogens (tertiary/aromatic N) is 2. The second kappa shape index (κ2) is 14.3. The van der Waals surface area contributed by atoms with Gasteiger partial charge in [-0.15, -0.1) is 0 Å². The first kappa shape index (κ1) is 34.0. The van der Waals surface area contributed by atoms with Gasteiger partial charge in [-0.25, -0.2) is 8.42 Å². The van der Waals surface area contributed by atoms with E-state index in [0.717, 1.165) is 16.1 Å². The fourth-order valence-electron chi connectivity index (χ4n) is 4.43. The van der Waals surface area contributed by atoms with Crippen molar-refractivity contribution in [2.24, 2.45) is 0 Å². The first-order valence-electron chi connectivity index (χ1n) is 13.4. The molecule has 2 amide bonds. The first-order valence-corrected chi connectivity index (χ1v) is 16.0. The van der Waals surface area contributed by atoms with Crippen LogP contribution in [-0.2, 0) is 32.6 Å². The monoisotopic (exact) mass is 649 g/mol. The van der Waals surface area contributed by atoms with Crippen molar-refractivity contribution >= 4 is 50.7 Å². The van der Waals surface area contributed by atoms with Gasteiger partial charge in [0.15, 0.2) is 11.5 Å². The molecule has 0 fully saturated rings. The van der Waals surface area contributed by atoms with E-state index in [4.69, 9.17) is 32.7 Å². The second-order valence-electron chi connectivity index (χ2n) is 11.0. The molecule has 0 heterocycles. The van der Waals surface area contributed by atoms with E-state index in [2.05, 4.69) is 5.32 Å². The highest BCUT2D eigenvalue weighted by Gasteiger charge is 2.34. The molecule has 0 spiro atoms. The zero-order chi connectivity index (χ0) is 31.9. The Kier molecular flexibility index (Phi) is 11.3. The van der Waals surface area contributed by atoms with Gasteiger partial charge in [0, 0.05) is 34.6 Å². The molecular formula is C31H37Cl2N3O6S. The van der Waals surface area contributed by atoms with Gasteiger partial charge >= 0.3 is 0 Å². The van der Waals surface area contributed by atoms with E-state index in [1.807, 2.05) is 51.1 Å². The summed E-state index contributed by atoms with van der Waals surface area (Å²) in [5.41, 5.74) is 0.947. The predicted molar refractivity (Wildman–Crippen MR) is 171 cm³/mol. The van der Waals surface area contributed by atoms with Crippen LogP contribution in [0.2, 0.25) is 10.0 Å². The van der Waals surface area contributed by atoms with E-state index in [9.17, 15) is 18.0 Å². The Hall–Kier alpha value is -3.47. The topological polar surface area (TPSA) is 105 Å². The van der Waals surface area contributed by atoms with Crippen LogP contribution in [0, 0.1) is 0 Å². The number of rotatable bonds is 12. The van der Waals surface area contributed by atoms with Gasteiger partial charge in [-0.3, -0.25) is 13.9 Å². The average molecular weight is 651 g/mol. The number of halogens is 2. The third-order valence-electron chi connectivity index (χ3n) is 6.46. The predicted octanol–water partition coefficient (Wildman–Crippen LogP) is 5.33. The van der Waals surface area contributed by atoms with Crippen molar-refractivity contribution in [3.8, 4) is 11.5 Å². The third kappa shape index (κ3) is 9.51. The molecule has 3 aromatic rings. The summed E-state index contributed by atoms with van der Waals surface area (Å²) in [6.07, 6.45) is 1.18. The number of benzene rings is 3. The molecule has 0 bridgehead atoms. The molecule has 0 saturated heterocycles. The number of anilines is 1. The maximum atomic E-state index is 14.3. The van der Waals surface area contributed by atoms with Crippen molar-refractivity contribution < 1.29 is 27.5 Å². The number of carbonyl (C=O) groups is 2. The molecular weight excluding hydrogens is 613 g/mol. The zero-order valence-electron chi connectivity index (χ0n) is 25.1. The van der Waals surface area contributed by atoms with Crippen LogP contribution in [0.5, 0.6) is 11.5 Å². The van der Waals surface area contributed by atoms with E-state index in [-0.39, 0.29) is 24.4 Å². The van der Waals surface area contributed by atoms with Crippen molar-refractivity contribution in [2.75, 3.05) is 31.3 Å². The van der Waals surface area contributed by atoms with Gasteiger partial charge < -0.3 is 19.7 Å². The fourth-order valence-corrected chi connectivity index (χ4v) is 5.74. The van der Waals surface area contributed by atoms with Crippen LogP contribution in [-0.4, -0.2) is 63.7 Å². The number of methoxy groups -OCH3 is 2. The largest absolute Gasteiger partial charge is 0.493 e. The SMILES string of the molecule is COc1ccc(N(CC(=O)N(Cc2ccc(Cl)cc2Cl)C(Cc2ccccc2)C(=O)NC(C)(C)C)S(C)(=O)=O)cc1OC. The Morgan fingerprint density at radius 3 is 2.14 bits per heavy atom. The van der Waals surface area contributed by atoms with Gasteiger partial charge in [0.05, 0.1) is 26.2 Å². The van der Waals surface area contributed by atoms with Crippen LogP contribution >= 0.6 is 23.2 Å². The summed E-state index contributed by atoms with van der Waals surface area (Å²) in [6.45, 7) is 4.86. The lowest BCUT2D eigenvalue weighted by Crippen LogP contribution is -2.56. The van der Waals surface area contributed by atoms with Crippen LogP contribution in [0.3, 0.4) is 0 Å². The van der Waals surface area contributed by atoms with Crippen molar-refractivity contribution in [3.05, 3.63) is 87.9 Å². The summed E-state index contributed by atoms with van der Waals surface area (Å²) in [7, 11) is -1.08. The van der Waals surface area contributed by atoms with E-state index >= 15 is 0 Å². The van der Waals surface area contributed by atoms with Crippen LogP contribution in [0.1, 0.15) is 31.9 Å². The first-order chi connectivity index (χ1) is 20.1. The lowest BCUT2D eigenvalue weighted by Gasteiger charge is -2.35. The van der Waals surface area contributed by atoms with E-state index in [1.165, 1.54) is 31.3 Å². The number of amides is 2. The van der Waals surface area contributed by atoms with Crippen molar-refractivity contribution in [1.82, 2.24) is 10.2 Å². The molecule has 1 N–H and O–H groups in total. The van der Waals surface area contributed by atoms with Gasteiger partial charge in [0.2, 0.25) is 21.8 Å². The standard InChI is InChI=1S/C31H37Cl2N3O6S/c1-31(2,3)34-30(38)26(16-21-10-8-7-9-11-21)35(19-22-12-13-23(32)17-25(22)33)29(37)20-36(43(6,39)40)24-14-15-27(41-4)28(18-24)42-5/h7-15,17-18,26H,16,19-20H2,1-6H3,(H,34,38). The number of hydrogen-bond donors (Lipinski definition) is 1. The van der Waals surface area contributed by atoms with Gasteiger partial charge in [-0.2, -0.15) is 0 Å². The molecule has 12 heteroatoms. The number of ether oxygens (including phenoxy) is 2. The molecule has 0 aliphatic rings. The summed E-state index contributed by atoms with van der Waals surface area (Å²) < 4.78 is 37.7. The number of sulfonamides is 1. The highest BCUT2D eigenvalue weighted by atomic mass is 35.5. The van der Waals surface area contributed by atoms with E-state index < -0.39 is 40.0 Å². The summed E-state index contributed by atoms with van der Waals surface area (Å²) >= 11 is 12.6. The summed E-state index contributed by atoms with van der Waals surface area (Å²) in [6, 6.07) is 17.7. The Labute approximate surface area is 263 Å². The minimum atomic E-state index is -3.97. The maximum absolute atomic E-state index is 14.3. The molecule has 43 heavy (non-hydrogen) atoms. The van der Waals surface area contributed by atoms with Gasteiger partial charge in [0.1, 0.15) is 12.6 Å². The third-order valence-corrected chi connectivity index (χ3v) is 8.19. The zero-order valence-corrected chi connectivity index (χ0v) is 27.4. The van der Waals surface area contributed by atoms with Crippen LogP contribution < -0.4 is 19.1 Å². The van der Waals surface area contributed by atoms with Crippen molar-refractivity contribution in [2.45, 2.75) is 45.3 Å². The van der Waals surface area contributed by atoms with Crippen molar-refractivity contribution in [3.63, 3.8) is 0 Å². The lowest BCUT2D eigenvalue weighted by molar-refractivity contribution is -0.140. The Morgan fingerprint density at radius 2 is 1.58 bits per heavy atom. The van der Waals surface area contributed by atoms with Gasteiger partial charge in [-0.1, -0.05) is 59.6 Å². The molecule has 0 aliphatic heterocycles. The van der Waals surface area contributed by atoms with Crippen LogP contribution in [0.15, 0.2) is 66.7 Å². The fraction of sp³-hybridized carbons (Fsp3) is 0.355. The normalized spacial score (nSPS) is 12.3. The summed E-state index contributed by atoms with van der Waals surface area (Å²) in [5, 5.41) is 3.70. The second-order valence-corrected chi connectivity index (χ2v) is 13.8. The smallest absolute Gasteiger partial charge is 0.244 e. The summed E-state index contributed by atoms with van der Waals surface area (Å²) in [4.78, 5) is 29.4. The number of carbonyl (C=O) groups excluding carboxylic acids is 2. The average Bonchev–Trinajstić information content (AvgIpc) is 2.93. The maximum Gasteiger partial charge on any atom is 0.244 e. The molecule has 0 saturated carbocycles. The molecule has 1 atom stereocenters. The minimum Gasteiger partial charge on any atom is -0.493 e. The quantitative estimate of drug-likeness (QED) is 0.284. The minimum absolute atomic E-state index is 0.0760. The number of nitrogens with one attached hydrogen (secondary N) is 1. The Bertz CT molecular complexity index is 1540. The van der Waals surface area contributed by atoms with Crippen molar-refractivity contribution in [1.29, 1.82) is 0 Å². The molecule has 3 aromatic carbocycles. The molecule has 232 valence electrons. The van der Waals surface area contributed by atoms with E-state index in [0.29, 0.717) is 21.4 Å². The molecule has 0 radical (unpaired) electrons. The van der Waals surface area contributed by atoms with Crippen LogP contribution in [0.4, 0.5) is 5.69 Å². The molecule has 0 aromatic heterocycles. The van der Waals surface area contributed by atoms with E-state index in [1.54, 1.807) is 24.3 Å². The molecule has 9 nitrogen and oxygen atoms in total. The molecule has 0 aliphatic carbocycles. The highest BCUT2D eigenvalue weighted by molar-refractivity contribution is 7.92. The Balaban J connectivity index is 2.12. The lowest BCUT2D eigenvalue weighted by atomic mass is 10.0. The van der Waals surface area contributed by atoms with Gasteiger partial charge in [-0.05, 0) is 56.2 Å². The molecule has 1 unspecified atom stereocenters. The Morgan fingerprint density at radius 1 is 0.930 bits per heavy atom. The van der Waals surface area contributed by atoms with Crippen LogP contribution in [0.25, 0.3) is 0 Å². The molecule has 3 rings (SSSR count).